The molecule has 2 aromatic rings. The molecular weight excluding hydrogens is 271 g/mol. The number of aromatic nitrogens is 2. The highest BCUT2D eigenvalue weighted by Gasteiger charge is 2.39. The molecule has 0 aromatic carbocycles. The highest BCUT2D eigenvalue weighted by atomic mass is 19.4. The van der Waals surface area contributed by atoms with Crippen LogP contribution in [0.3, 0.4) is 0 Å². The van der Waals surface area contributed by atoms with Gasteiger partial charge < -0.3 is 4.57 Å². The van der Waals surface area contributed by atoms with Gasteiger partial charge in [0.15, 0.2) is 0 Å². The van der Waals surface area contributed by atoms with Crippen LogP contribution in [0.2, 0.25) is 0 Å². The average Bonchev–Trinajstić information content (AvgIpc) is 2.85. The van der Waals surface area contributed by atoms with Crippen LogP contribution in [0.4, 0.5) is 13.2 Å². The van der Waals surface area contributed by atoms with Crippen molar-refractivity contribution in [1.29, 1.82) is 5.26 Å². The number of halogens is 3. The minimum atomic E-state index is -4.88. The Hall–Kier alpha value is -2.62. The molecule has 0 unspecified atom stereocenters. The van der Waals surface area contributed by atoms with Crippen molar-refractivity contribution in [3.63, 3.8) is 0 Å². The van der Waals surface area contributed by atoms with E-state index in [1.807, 2.05) is 6.07 Å². The maximum atomic E-state index is 12.3. The van der Waals surface area contributed by atoms with Crippen LogP contribution < -0.4 is 0 Å². The molecule has 0 aliphatic carbocycles. The normalized spacial score (nSPS) is 11.1. The molecule has 7 heteroatoms. The van der Waals surface area contributed by atoms with Gasteiger partial charge in [-0.15, -0.1) is 0 Å². The molecule has 102 valence electrons. The quantitative estimate of drug-likeness (QED) is 0.811. The molecule has 2 aromatic heterocycles. The van der Waals surface area contributed by atoms with Gasteiger partial charge in [0.25, 0.3) is 5.78 Å². The first kappa shape index (κ1) is 13.8. The summed E-state index contributed by atoms with van der Waals surface area (Å²) in [7, 11) is 0. The second-order valence-corrected chi connectivity index (χ2v) is 4.06. The number of ketones is 1. The van der Waals surface area contributed by atoms with Gasteiger partial charge in [-0.2, -0.15) is 18.4 Å². The second-order valence-electron chi connectivity index (χ2n) is 4.06. The number of nitrogens with zero attached hydrogens (tertiary/aromatic N) is 3. The Morgan fingerprint density at radius 3 is 2.80 bits per heavy atom. The number of rotatable bonds is 3. The van der Waals surface area contributed by atoms with Gasteiger partial charge in [-0.3, -0.25) is 4.79 Å². The number of nitriles is 1. The highest BCUT2D eigenvalue weighted by molar-refractivity contribution is 6.00. The zero-order chi connectivity index (χ0) is 14.8. The molecule has 0 aliphatic rings. The molecule has 2 heterocycles. The van der Waals surface area contributed by atoms with Gasteiger partial charge in [0, 0.05) is 30.7 Å². The van der Waals surface area contributed by atoms with E-state index < -0.39 is 17.5 Å². The number of carbonyl (C=O) groups is 1. The molecular formula is C13H8F3N3O. The number of pyridine rings is 1. The Morgan fingerprint density at radius 1 is 1.40 bits per heavy atom. The van der Waals surface area contributed by atoms with Crippen molar-refractivity contribution in [3.05, 3.63) is 53.6 Å². The van der Waals surface area contributed by atoms with Crippen molar-refractivity contribution >= 4 is 5.78 Å². The minimum absolute atomic E-state index is 0.223. The van der Waals surface area contributed by atoms with Crippen molar-refractivity contribution in [3.8, 4) is 6.07 Å². The van der Waals surface area contributed by atoms with E-state index in [2.05, 4.69) is 4.98 Å². The van der Waals surface area contributed by atoms with E-state index in [0.29, 0.717) is 5.56 Å². The molecule has 4 nitrogen and oxygen atoms in total. The zero-order valence-corrected chi connectivity index (χ0v) is 10.1. The molecule has 0 bridgehead atoms. The van der Waals surface area contributed by atoms with Crippen molar-refractivity contribution in [2.75, 3.05) is 0 Å². The third kappa shape index (κ3) is 3.03. The van der Waals surface area contributed by atoms with Crippen molar-refractivity contribution in [2.24, 2.45) is 0 Å². The van der Waals surface area contributed by atoms with Crippen LogP contribution >= 0.6 is 0 Å². The lowest BCUT2D eigenvalue weighted by Crippen LogP contribution is -2.22. The second kappa shape index (κ2) is 5.17. The Kier molecular flexibility index (Phi) is 3.57. The first-order chi connectivity index (χ1) is 9.40. The van der Waals surface area contributed by atoms with E-state index in [9.17, 15) is 18.0 Å². The van der Waals surface area contributed by atoms with Crippen LogP contribution in [0.5, 0.6) is 0 Å². The van der Waals surface area contributed by atoms with E-state index in [1.165, 1.54) is 23.0 Å². The molecule has 0 saturated heterocycles. The van der Waals surface area contributed by atoms with Gasteiger partial charge in [-0.25, -0.2) is 4.98 Å². The van der Waals surface area contributed by atoms with Crippen LogP contribution in [-0.4, -0.2) is 21.5 Å². The topological polar surface area (TPSA) is 58.7 Å². The predicted molar refractivity (Wildman–Crippen MR) is 62.9 cm³/mol. The third-order valence-corrected chi connectivity index (χ3v) is 2.57. The lowest BCUT2D eigenvalue weighted by molar-refractivity contribution is -0.0885. The van der Waals surface area contributed by atoms with E-state index in [1.54, 1.807) is 6.07 Å². The monoisotopic (exact) mass is 279 g/mol. The number of alkyl halides is 3. The van der Waals surface area contributed by atoms with Gasteiger partial charge in [0.05, 0.1) is 0 Å². The molecule has 0 atom stereocenters. The van der Waals surface area contributed by atoms with Crippen molar-refractivity contribution in [2.45, 2.75) is 12.7 Å². The lowest BCUT2D eigenvalue weighted by atomic mass is 10.2. The first-order valence-corrected chi connectivity index (χ1v) is 5.52. The van der Waals surface area contributed by atoms with Crippen LogP contribution in [0.15, 0.2) is 36.8 Å². The highest BCUT2D eigenvalue weighted by Crippen LogP contribution is 2.21. The van der Waals surface area contributed by atoms with Crippen LogP contribution in [0.25, 0.3) is 0 Å². The molecule has 0 amide bonds. The zero-order valence-electron chi connectivity index (χ0n) is 10.1. The number of carbonyl (C=O) groups excluding carboxylic acids is 1. The largest absolute Gasteiger partial charge is 0.454 e. The van der Waals surface area contributed by atoms with Gasteiger partial charge in [0.2, 0.25) is 0 Å². The summed E-state index contributed by atoms with van der Waals surface area (Å²) in [6.07, 6.45) is -0.927. The van der Waals surface area contributed by atoms with E-state index >= 15 is 0 Å². The Morgan fingerprint density at radius 2 is 2.15 bits per heavy atom. The van der Waals surface area contributed by atoms with Crippen molar-refractivity contribution < 1.29 is 18.0 Å². The fraction of sp³-hybridized carbons (Fsp3) is 0.154. The van der Waals surface area contributed by atoms with Gasteiger partial charge >= 0.3 is 6.18 Å². The molecule has 2 rings (SSSR count). The summed E-state index contributed by atoms with van der Waals surface area (Å²) in [5, 5.41) is 8.71. The summed E-state index contributed by atoms with van der Waals surface area (Å²) < 4.78 is 38.2. The molecule has 0 radical (unpaired) electrons. The average molecular weight is 279 g/mol. The van der Waals surface area contributed by atoms with Crippen LogP contribution in [0.1, 0.15) is 21.6 Å². The maximum Gasteiger partial charge on any atom is 0.454 e. The van der Waals surface area contributed by atoms with Gasteiger partial charge in [-0.1, -0.05) is 0 Å². The number of Topliss-reactive ketones (excluding diaryl/α,β-unsaturated/α-hetero) is 1. The summed E-state index contributed by atoms with van der Waals surface area (Å²) >= 11 is 0. The Bertz CT molecular complexity index is 683. The molecule has 20 heavy (non-hydrogen) atoms. The Balaban J connectivity index is 2.18. The lowest BCUT2D eigenvalue weighted by Gasteiger charge is -2.04. The predicted octanol–water partition coefficient (Wildman–Crippen LogP) is 2.55. The molecule has 0 saturated carbocycles. The molecule has 0 spiro atoms. The Labute approximate surface area is 112 Å². The van der Waals surface area contributed by atoms with Gasteiger partial charge in [0.1, 0.15) is 11.8 Å². The molecule has 0 aliphatic heterocycles. The van der Waals surface area contributed by atoms with Crippen LogP contribution in [0, 0.1) is 11.3 Å². The smallest absolute Gasteiger partial charge is 0.349 e. The summed E-state index contributed by atoms with van der Waals surface area (Å²) in [5.74, 6) is -1.87. The summed E-state index contributed by atoms with van der Waals surface area (Å²) in [5.41, 5.74) is 0.520. The van der Waals surface area contributed by atoms with E-state index in [0.717, 1.165) is 12.3 Å². The number of hydrogen-bond donors (Lipinski definition) is 0. The molecule has 0 N–H and O–H groups in total. The van der Waals surface area contributed by atoms with E-state index in [4.69, 9.17) is 5.26 Å². The fourth-order valence-electron chi connectivity index (χ4n) is 1.68. The SMILES string of the molecule is N#Cc1cc(Cn2ccc(C(=O)C(F)(F)F)c2)ccn1. The van der Waals surface area contributed by atoms with Crippen LogP contribution in [-0.2, 0) is 6.54 Å². The standard InChI is InChI=1S/C13H8F3N3O/c14-13(15,16)12(20)10-2-4-19(8-10)7-9-1-3-18-11(5-9)6-17/h1-5,8H,7H2. The minimum Gasteiger partial charge on any atom is -0.349 e. The summed E-state index contributed by atoms with van der Waals surface area (Å²) in [6, 6.07) is 6.16. The van der Waals surface area contributed by atoms with Gasteiger partial charge in [-0.05, 0) is 23.8 Å². The summed E-state index contributed by atoms with van der Waals surface area (Å²) in [6.45, 7) is 0.252. The summed E-state index contributed by atoms with van der Waals surface area (Å²) in [4.78, 5) is 14.8. The van der Waals surface area contributed by atoms with Crippen molar-refractivity contribution in [1.82, 2.24) is 9.55 Å². The fourth-order valence-corrected chi connectivity index (χ4v) is 1.68. The number of hydrogen-bond acceptors (Lipinski definition) is 3. The van der Waals surface area contributed by atoms with E-state index in [-0.39, 0.29) is 12.2 Å². The first-order valence-electron chi connectivity index (χ1n) is 5.52. The third-order valence-electron chi connectivity index (χ3n) is 2.57. The maximum absolute atomic E-state index is 12.3. The molecule has 0 fully saturated rings.